The molecule has 10 nitrogen and oxygen atoms in total. The summed E-state index contributed by atoms with van der Waals surface area (Å²) in [6.45, 7) is 5.05. The van der Waals surface area contributed by atoms with E-state index in [2.05, 4.69) is 0 Å². The monoisotopic (exact) mass is 408 g/mol. The summed E-state index contributed by atoms with van der Waals surface area (Å²) >= 11 is 0. The lowest BCUT2D eigenvalue weighted by Gasteiger charge is -2.44. The van der Waals surface area contributed by atoms with Crippen LogP contribution in [0, 0.1) is 0 Å². The Morgan fingerprint density at radius 3 is 1.57 bits per heavy atom. The van der Waals surface area contributed by atoms with Crippen LogP contribution >= 0.6 is 0 Å². The molecule has 0 amide bonds. The van der Waals surface area contributed by atoms with Crippen molar-refractivity contribution in [3.05, 3.63) is 0 Å². The molecule has 10 heteroatoms. The zero-order chi connectivity index (χ0) is 20.6. The first kappa shape index (κ1) is 22.3. The number of aliphatic hydroxyl groups is 5. The molecule has 3 rings (SSSR count). The minimum Gasteiger partial charge on any atom is -0.390 e. The number of rotatable bonds is 4. The van der Waals surface area contributed by atoms with Gasteiger partial charge in [0.1, 0.15) is 18.3 Å². The highest BCUT2D eigenvalue weighted by Gasteiger charge is 2.44. The van der Waals surface area contributed by atoms with Crippen LogP contribution in [0.4, 0.5) is 0 Å². The molecule has 3 saturated heterocycles. The standard InChI is InChI=1S/C18H32O10/c1-7-16(23)10(19)5-14(25-7)27-18-9(3)26-15(6-12(18)21)28-17-8(2)24-13(22)4-11(17)20/h7-23H,4-6H2,1-3H3/t7-,8+,9+,10-,11+,12+,13-,14+,15+,16-,17-,18+/m0/s1. The summed E-state index contributed by atoms with van der Waals surface area (Å²) in [6.07, 6.45) is -9.17. The third kappa shape index (κ3) is 5.01. The van der Waals surface area contributed by atoms with Crippen molar-refractivity contribution in [2.45, 2.75) is 114 Å². The quantitative estimate of drug-likeness (QED) is 0.376. The average molecular weight is 408 g/mol. The van der Waals surface area contributed by atoms with Gasteiger partial charge in [-0.25, -0.2) is 0 Å². The summed E-state index contributed by atoms with van der Waals surface area (Å²) in [5.41, 5.74) is 0. The zero-order valence-corrected chi connectivity index (χ0v) is 16.3. The van der Waals surface area contributed by atoms with Gasteiger partial charge in [-0.15, -0.1) is 0 Å². The molecule has 3 fully saturated rings. The van der Waals surface area contributed by atoms with Crippen molar-refractivity contribution >= 4 is 0 Å². The summed E-state index contributed by atoms with van der Waals surface area (Å²) in [5.74, 6) is 0. The fourth-order valence-corrected chi connectivity index (χ4v) is 4.00. The van der Waals surface area contributed by atoms with E-state index in [0.29, 0.717) is 0 Å². The summed E-state index contributed by atoms with van der Waals surface area (Å²) in [7, 11) is 0. The lowest BCUT2D eigenvalue weighted by Crippen LogP contribution is -2.56. The predicted octanol–water partition coefficient (Wildman–Crippen LogP) is -1.40. The molecular weight excluding hydrogens is 376 g/mol. The van der Waals surface area contributed by atoms with Gasteiger partial charge in [0, 0.05) is 19.3 Å². The van der Waals surface area contributed by atoms with Crippen molar-refractivity contribution in [2.75, 3.05) is 0 Å². The van der Waals surface area contributed by atoms with Crippen LogP contribution in [0.2, 0.25) is 0 Å². The Bertz CT molecular complexity index is 471. The minimum absolute atomic E-state index is 0.0386. The van der Waals surface area contributed by atoms with Gasteiger partial charge in [0.2, 0.25) is 0 Å². The zero-order valence-electron chi connectivity index (χ0n) is 16.3. The summed E-state index contributed by atoms with van der Waals surface area (Å²) in [6, 6.07) is 0. The molecule has 164 valence electrons. The third-order valence-electron chi connectivity index (χ3n) is 5.59. The molecule has 3 aliphatic rings. The van der Waals surface area contributed by atoms with Crippen molar-refractivity contribution in [2.24, 2.45) is 0 Å². The van der Waals surface area contributed by atoms with Crippen LogP contribution in [0.15, 0.2) is 0 Å². The van der Waals surface area contributed by atoms with E-state index in [1.807, 2.05) is 0 Å². The van der Waals surface area contributed by atoms with Gasteiger partial charge < -0.3 is 49.2 Å². The van der Waals surface area contributed by atoms with Crippen LogP contribution in [-0.2, 0) is 23.7 Å². The second-order valence-corrected chi connectivity index (χ2v) is 7.94. The molecule has 0 radical (unpaired) electrons. The molecule has 28 heavy (non-hydrogen) atoms. The van der Waals surface area contributed by atoms with Gasteiger partial charge in [-0.3, -0.25) is 0 Å². The van der Waals surface area contributed by atoms with Gasteiger partial charge in [-0.05, 0) is 20.8 Å². The number of ether oxygens (including phenoxy) is 5. The normalized spacial score (nSPS) is 53.1. The van der Waals surface area contributed by atoms with Crippen LogP contribution < -0.4 is 0 Å². The van der Waals surface area contributed by atoms with E-state index in [1.54, 1.807) is 20.8 Å². The van der Waals surface area contributed by atoms with Gasteiger partial charge in [0.05, 0.1) is 36.6 Å². The lowest BCUT2D eigenvalue weighted by molar-refractivity contribution is -0.331. The van der Waals surface area contributed by atoms with Gasteiger partial charge in [0.25, 0.3) is 0 Å². The molecule has 0 saturated carbocycles. The predicted molar refractivity (Wildman–Crippen MR) is 92.8 cm³/mol. The fourth-order valence-electron chi connectivity index (χ4n) is 4.00. The molecule has 0 aromatic heterocycles. The molecule has 3 heterocycles. The minimum atomic E-state index is -1.04. The van der Waals surface area contributed by atoms with Crippen LogP contribution in [0.1, 0.15) is 40.0 Å². The fraction of sp³-hybridized carbons (Fsp3) is 1.00. The summed E-state index contributed by atoms with van der Waals surface area (Å²) in [4.78, 5) is 0. The maximum absolute atomic E-state index is 10.5. The molecular formula is C18H32O10. The Labute approximate surface area is 163 Å². The van der Waals surface area contributed by atoms with Crippen molar-refractivity contribution in [1.29, 1.82) is 0 Å². The van der Waals surface area contributed by atoms with Crippen molar-refractivity contribution in [3.8, 4) is 0 Å². The second-order valence-electron chi connectivity index (χ2n) is 7.94. The Morgan fingerprint density at radius 1 is 0.607 bits per heavy atom. The van der Waals surface area contributed by atoms with Crippen LogP contribution in [0.3, 0.4) is 0 Å². The molecule has 0 bridgehead atoms. The maximum atomic E-state index is 10.5. The smallest absolute Gasteiger partial charge is 0.161 e. The first-order valence-corrected chi connectivity index (χ1v) is 9.83. The SMILES string of the molecule is C[C@@H]1O[C@H](O[C@H]2[C@H](O)C[C@@H](O[C@@H]3[C@H](O)C[C@@H](O)O[C@@H]3C)O[C@@H]2C)C[C@H](O)[C@H]1O. The van der Waals surface area contributed by atoms with E-state index in [4.69, 9.17) is 23.7 Å². The number of aliphatic hydroxyl groups excluding tert-OH is 5. The van der Waals surface area contributed by atoms with Gasteiger partial charge in [-0.1, -0.05) is 0 Å². The summed E-state index contributed by atoms with van der Waals surface area (Å²) < 4.78 is 28.3. The molecule has 3 aliphatic heterocycles. The molecule has 0 aromatic rings. The Morgan fingerprint density at radius 2 is 1.07 bits per heavy atom. The highest BCUT2D eigenvalue weighted by atomic mass is 16.7. The van der Waals surface area contributed by atoms with Crippen molar-refractivity contribution in [3.63, 3.8) is 0 Å². The Balaban J connectivity index is 1.54. The maximum Gasteiger partial charge on any atom is 0.161 e. The topological polar surface area (TPSA) is 147 Å². The highest BCUT2D eigenvalue weighted by Crippen LogP contribution is 2.31. The van der Waals surface area contributed by atoms with E-state index < -0.39 is 73.8 Å². The summed E-state index contributed by atoms with van der Waals surface area (Å²) in [5, 5.41) is 49.9. The second kappa shape index (κ2) is 9.17. The number of hydrogen-bond donors (Lipinski definition) is 5. The van der Waals surface area contributed by atoms with Crippen molar-refractivity contribution in [1.82, 2.24) is 0 Å². The molecule has 5 N–H and O–H groups in total. The molecule has 0 spiro atoms. The number of hydrogen-bond acceptors (Lipinski definition) is 10. The van der Waals surface area contributed by atoms with E-state index in [-0.39, 0.29) is 19.3 Å². The average Bonchev–Trinajstić information content (AvgIpc) is 2.59. The first-order chi connectivity index (χ1) is 13.2. The highest BCUT2D eigenvalue weighted by molar-refractivity contribution is 4.87. The van der Waals surface area contributed by atoms with Crippen LogP contribution in [0.5, 0.6) is 0 Å². The van der Waals surface area contributed by atoms with Crippen LogP contribution in [-0.4, -0.2) is 99.3 Å². The Hall–Kier alpha value is -0.400. The van der Waals surface area contributed by atoms with E-state index in [0.717, 1.165) is 0 Å². The largest absolute Gasteiger partial charge is 0.390 e. The van der Waals surface area contributed by atoms with Gasteiger partial charge in [0.15, 0.2) is 18.9 Å². The lowest BCUT2D eigenvalue weighted by atomic mass is 9.99. The van der Waals surface area contributed by atoms with Crippen LogP contribution in [0.25, 0.3) is 0 Å². The molecule has 0 aromatic carbocycles. The molecule has 12 atom stereocenters. The van der Waals surface area contributed by atoms with Crippen molar-refractivity contribution < 1.29 is 49.2 Å². The van der Waals surface area contributed by atoms with E-state index >= 15 is 0 Å². The van der Waals surface area contributed by atoms with Gasteiger partial charge >= 0.3 is 0 Å². The first-order valence-electron chi connectivity index (χ1n) is 9.83. The van der Waals surface area contributed by atoms with E-state index in [9.17, 15) is 25.5 Å². The molecule has 0 unspecified atom stereocenters. The third-order valence-corrected chi connectivity index (χ3v) is 5.59. The Kier molecular flexibility index (Phi) is 7.30. The molecule has 0 aliphatic carbocycles. The van der Waals surface area contributed by atoms with E-state index in [1.165, 1.54) is 0 Å². The van der Waals surface area contributed by atoms with Gasteiger partial charge in [-0.2, -0.15) is 0 Å².